The zero-order valence-corrected chi connectivity index (χ0v) is 11.1. The number of nitrogens with zero attached hydrogens (tertiary/aromatic N) is 3. The summed E-state index contributed by atoms with van der Waals surface area (Å²) in [6.45, 7) is 4.90. The second-order valence-electron chi connectivity index (χ2n) is 4.30. The normalized spacial score (nSPS) is 13.1. The van der Waals surface area contributed by atoms with Crippen molar-refractivity contribution in [3.8, 4) is 0 Å². The van der Waals surface area contributed by atoms with Crippen LogP contribution in [0.2, 0.25) is 0 Å². The van der Waals surface area contributed by atoms with Gasteiger partial charge in [-0.25, -0.2) is 4.98 Å². The zero-order chi connectivity index (χ0) is 12.1. The Labute approximate surface area is 101 Å². The third-order valence-corrected chi connectivity index (χ3v) is 3.29. The van der Waals surface area contributed by atoms with Crippen molar-refractivity contribution in [2.75, 3.05) is 25.6 Å². The fraction of sp³-hybridized carbons (Fsp3) is 0.800. The van der Waals surface area contributed by atoms with Crippen LogP contribution in [0, 0.1) is 5.92 Å². The minimum absolute atomic E-state index is 0.103. The number of aliphatic hydroxyl groups excluding tert-OH is 1. The van der Waals surface area contributed by atoms with Crippen LogP contribution in [-0.4, -0.2) is 41.2 Å². The molecule has 2 N–H and O–H groups in total. The van der Waals surface area contributed by atoms with Crippen LogP contribution >= 0.6 is 11.5 Å². The van der Waals surface area contributed by atoms with E-state index < -0.39 is 0 Å². The lowest BCUT2D eigenvalue weighted by Gasteiger charge is -2.18. The van der Waals surface area contributed by atoms with E-state index in [1.807, 2.05) is 19.0 Å². The molecule has 5 nitrogen and oxygen atoms in total. The molecule has 0 aliphatic carbocycles. The van der Waals surface area contributed by atoms with Gasteiger partial charge in [0.2, 0.25) is 5.13 Å². The Morgan fingerprint density at radius 1 is 1.44 bits per heavy atom. The molecule has 0 aromatic carbocycles. The number of hydrogen-bond acceptors (Lipinski definition) is 6. The Balaban J connectivity index is 2.47. The Bertz CT molecular complexity index is 314. The quantitative estimate of drug-likeness (QED) is 0.772. The van der Waals surface area contributed by atoms with Gasteiger partial charge in [0.05, 0.1) is 13.2 Å². The number of nitrogens with one attached hydrogen (secondary N) is 1. The second kappa shape index (κ2) is 6.12. The average Bonchev–Trinajstić information content (AvgIpc) is 2.67. The standard InChI is InChI=1S/C10H20N4OS/c1-7(2)8(6-15)11-5-9-12-10(14(3)4)16-13-9/h7-8,11,15H,5-6H2,1-4H3/t8-/m1/s1. The predicted molar refractivity (Wildman–Crippen MR) is 66.8 cm³/mol. The van der Waals surface area contributed by atoms with Crippen LogP contribution in [0.4, 0.5) is 5.13 Å². The molecular formula is C10H20N4OS. The number of hydrogen-bond donors (Lipinski definition) is 2. The first-order valence-electron chi connectivity index (χ1n) is 5.38. The minimum atomic E-state index is 0.103. The van der Waals surface area contributed by atoms with Crippen molar-refractivity contribution in [3.63, 3.8) is 0 Å². The molecule has 16 heavy (non-hydrogen) atoms. The molecule has 1 rings (SSSR count). The Kier molecular flexibility index (Phi) is 5.11. The van der Waals surface area contributed by atoms with Crippen LogP contribution in [0.3, 0.4) is 0 Å². The third kappa shape index (κ3) is 3.70. The van der Waals surface area contributed by atoms with Gasteiger partial charge in [-0.2, -0.15) is 4.37 Å². The van der Waals surface area contributed by atoms with E-state index in [2.05, 4.69) is 28.5 Å². The zero-order valence-electron chi connectivity index (χ0n) is 10.3. The fourth-order valence-electron chi connectivity index (χ4n) is 1.23. The highest BCUT2D eigenvalue weighted by atomic mass is 32.1. The third-order valence-electron chi connectivity index (χ3n) is 2.36. The number of rotatable bonds is 6. The molecule has 0 aliphatic rings. The molecule has 0 unspecified atom stereocenters. The van der Waals surface area contributed by atoms with Crippen LogP contribution in [0.15, 0.2) is 0 Å². The molecule has 1 aromatic heterocycles. The lowest BCUT2D eigenvalue weighted by Crippen LogP contribution is -2.36. The summed E-state index contributed by atoms with van der Waals surface area (Å²) in [7, 11) is 3.89. The first kappa shape index (κ1) is 13.3. The monoisotopic (exact) mass is 244 g/mol. The van der Waals surface area contributed by atoms with Crippen molar-refractivity contribution in [1.29, 1.82) is 0 Å². The van der Waals surface area contributed by atoms with Gasteiger partial charge in [-0.15, -0.1) is 0 Å². The van der Waals surface area contributed by atoms with E-state index in [0.717, 1.165) is 11.0 Å². The molecule has 92 valence electrons. The molecule has 0 amide bonds. The van der Waals surface area contributed by atoms with E-state index >= 15 is 0 Å². The summed E-state index contributed by atoms with van der Waals surface area (Å²) in [6.07, 6.45) is 0. The lowest BCUT2D eigenvalue weighted by atomic mass is 10.1. The molecule has 0 saturated heterocycles. The maximum atomic E-state index is 9.16. The number of aromatic nitrogens is 2. The maximum Gasteiger partial charge on any atom is 0.204 e. The molecule has 1 atom stereocenters. The van der Waals surface area contributed by atoms with E-state index in [4.69, 9.17) is 5.11 Å². The summed E-state index contributed by atoms with van der Waals surface area (Å²) < 4.78 is 4.25. The van der Waals surface area contributed by atoms with E-state index in [9.17, 15) is 0 Å². The number of aliphatic hydroxyl groups is 1. The number of anilines is 1. The van der Waals surface area contributed by atoms with E-state index in [1.165, 1.54) is 11.5 Å². The highest BCUT2D eigenvalue weighted by Crippen LogP contribution is 2.13. The molecule has 0 radical (unpaired) electrons. The van der Waals surface area contributed by atoms with Crippen molar-refractivity contribution < 1.29 is 5.11 Å². The van der Waals surface area contributed by atoms with Gasteiger partial charge in [0.25, 0.3) is 0 Å². The largest absolute Gasteiger partial charge is 0.395 e. The van der Waals surface area contributed by atoms with Crippen LogP contribution in [0.5, 0.6) is 0 Å². The Hall–Kier alpha value is -0.720. The lowest BCUT2D eigenvalue weighted by molar-refractivity contribution is 0.209. The molecule has 0 bridgehead atoms. The average molecular weight is 244 g/mol. The Morgan fingerprint density at radius 2 is 2.12 bits per heavy atom. The molecular weight excluding hydrogens is 224 g/mol. The first-order valence-corrected chi connectivity index (χ1v) is 6.16. The van der Waals surface area contributed by atoms with Crippen LogP contribution in [-0.2, 0) is 6.54 Å². The minimum Gasteiger partial charge on any atom is -0.395 e. The van der Waals surface area contributed by atoms with Gasteiger partial charge in [-0.3, -0.25) is 0 Å². The molecule has 0 spiro atoms. The van der Waals surface area contributed by atoms with Crippen molar-refractivity contribution in [1.82, 2.24) is 14.7 Å². The topological polar surface area (TPSA) is 61.3 Å². The van der Waals surface area contributed by atoms with Gasteiger partial charge in [0.1, 0.15) is 0 Å². The smallest absolute Gasteiger partial charge is 0.204 e. The van der Waals surface area contributed by atoms with Crippen molar-refractivity contribution in [2.45, 2.75) is 26.4 Å². The predicted octanol–water partition coefficient (Wildman–Crippen LogP) is 0.711. The fourth-order valence-corrected chi connectivity index (χ4v) is 1.83. The molecule has 1 aromatic rings. The van der Waals surface area contributed by atoms with Crippen LogP contribution in [0.25, 0.3) is 0 Å². The summed E-state index contributed by atoms with van der Waals surface area (Å²) >= 11 is 1.39. The van der Waals surface area contributed by atoms with Crippen molar-refractivity contribution in [2.24, 2.45) is 5.92 Å². The van der Waals surface area contributed by atoms with Gasteiger partial charge in [0, 0.05) is 31.7 Å². The van der Waals surface area contributed by atoms with E-state index in [0.29, 0.717) is 12.5 Å². The first-order chi connectivity index (χ1) is 7.54. The summed E-state index contributed by atoms with van der Waals surface area (Å²) in [5, 5.41) is 13.3. The Morgan fingerprint density at radius 3 is 2.56 bits per heavy atom. The van der Waals surface area contributed by atoms with Crippen LogP contribution in [0.1, 0.15) is 19.7 Å². The molecule has 1 heterocycles. The van der Waals surface area contributed by atoms with E-state index in [1.54, 1.807) is 0 Å². The highest BCUT2D eigenvalue weighted by molar-refractivity contribution is 7.09. The van der Waals surface area contributed by atoms with Crippen molar-refractivity contribution >= 4 is 16.7 Å². The van der Waals surface area contributed by atoms with Gasteiger partial charge >= 0.3 is 0 Å². The molecule has 0 aliphatic heterocycles. The summed E-state index contributed by atoms with van der Waals surface area (Å²) in [5.41, 5.74) is 0. The summed E-state index contributed by atoms with van der Waals surface area (Å²) in [6, 6.07) is 0.103. The van der Waals surface area contributed by atoms with E-state index in [-0.39, 0.29) is 12.6 Å². The SMILES string of the molecule is CC(C)[C@@H](CO)NCc1nsc(N(C)C)n1. The van der Waals surface area contributed by atoms with Gasteiger partial charge in [-0.1, -0.05) is 13.8 Å². The van der Waals surface area contributed by atoms with Gasteiger partial charge in [-0.05, 0) is 5.92 Å². The van der Waals surface area contributed by atoms with Gasteiger partial charge in [0.15, 0.2) is 5.82 Å². The molecule has 6 heteroatoms. The van der Waals surface area contributed by atoms with Crippen molar-refractivity contribution in [3.05, 3.63) is 5.82 Å². The summed E-state index contributed by atoms with van der Waals surface area (Å²) in [4.78, 5) is 6.30. The molecule has 0 saturated carbocycles. The maximum absolute atomic E-state index is 9.16. The second-order valence-corrected chi connectivity index (χ2v) is 5.03. The van der Waals surface area contributed by atoms with Crippen LogP contribution < -0.4 is 10.2 Å². The summed E-state index contributed by atoms with van der Waals surface area (Å²) in [5.74, 6) is 1.18. The van der Waals surface area contributed by atoms with Gasteiger partial charge < -0.3 is 15.3 Å². The molecule has 0 fully saturated rings. The highest BCUT2D eigenvalue weighted by Gasteiger charge is 2.12.